The topological polar surface area (TPSA) is 62.8 Å². The van der Waals surface area contributed by atoms with E-state index < -0.39 is 0 Å². The van der Waals surface area contributed by atoms with Crippen molar-refractivity contribution in [2.75, 3.05) is 38.6 Å². The summed E-state index contributed by atoms with van der Waals surface area (Å²) in [7, 11) is 1.61. The lowest BCUT2D eigenvalue weighted by molar-refractivity contribution is -0.0672. The van der Waals surface area contributed by atoms with Crippen LogP contribution in [0.25, 0.3) is 0 Å². The average Bonchev–Trinajstić information content (AvgIpc) is 2.47. The Bertz CT molecular complexity index is 468. The Morgan fingerprint density at radius 3 is 2.50 bits per heavy atom. The van der Waals surface area contributed by atoms with Gasteiger partial charge in [0.05, 0.1) is 19.3 Å². The molecule has 2 rings (SSSR count). The predicted molar refractivity (Wildman–Crippen MR) is 86.5 cm³/mol. The number of hydrogen-bond acceptors (Lipinski definition) is 4. The fraction of sp³-hybridized carbons (Fsp3) is 0.562. The average molecular weight is 307 g/mol. The molecule has 0 spiro atoms. The Hall–Kier alpha value is -1.79. The highest BCUT2D eigenvalue weighted by molar-refractivity contribution is 5.89. The molecule has 122 valence electrons. The lowest BCUT2D eigenvalue weighted by atomic mass is 10.2. The van der Waals surface area contributed by atoms with Crippen LogP contribution in [-0.2, 0) is 4.74 Å². The van der Waals surface area contributed by atoms with Gasteiger partial charge in [0.1, 0.15) is 5.75 Å². The molecule has 0 aliphatic carbocycles. The Labute approximate surface area is 131 Å². The first-order chi connectivity index (χ1) is 10.6. The van der Waals surface area contributed by atoms with Gasteiger partial charge in [-0.15, -0.1) is 0 Å². The van der Waals surface area contributed by atoms with E-state index in [1.54, 1.807) is 7.11 Å². The van der Waals surface area contributed by atoms with Gasteiger partial charge in [0.25, 0.3) is 0 Å². The molecule has 22 heavy (non-hydrogen) atoms. The van der Waals surface area contributed by atoms with Gasteiger partial charge in [0, 0.05) is 31.9 Å². The number of hydrogen-bond donors (Lipinski definition) is 2. The van der Waals surface area contributed by atoms with Crippen LogP contribution in [0.2, 0.25) is 0 Å². The minimum Gasteiger partial charge on any atom is -0.497 e. The number of ether oxygens (including phenoxy) is 2. The van der Waals surface area contributed by atoms with Gasteiger partial charge in [-0.25, -0.2) is 4.79 Å². The van der Waals surface area contributed by atoms with E-state index in [2.05, 4.69) is 29.4 Å². The number of anilines is 1. The Morgan fingerprint density at radius 1 is 1.27 bits per heavy atom. The van der Waals surface area contributed by atoms with E-state index >= 15 is 0 Å². The standard InChI is InChI=1S/C16H25N3O3/c1-12-10-19(11-13(2)22-12)9-8-17-16(20)18-14-4-6-15(21-3)7-5-14/h4-7,12-13H,8-11H2,1-3H3,(H2,17,18,20). The SMILES string of the molecule is COc1ccc(NC(=O)NCCN2CC(C)OC(C)C2)cc1. The number of benzene rings is 1. The predicted octanol–water partition coefficient (Wildman–Crippen LogP) is 1.93. The number of methoxy groups -OCH3 is 1. The number of nitrogens with zero attached hydrogens (tertiary/aromatic N) is 1. The summed E-state index contributed by atoms with van der Waals surface area (Å²) in [6.07, 6.45) is 0.494. The maximum Gasteiger partial charge on any atom is 0.319 e. The van der Waals surface area contributed by atoms with Crippen molar-refractivity contribution >= 4 is 11.7 Å². The highest BCUT2D eigenvalue weighted by atomic mass is 16.5. The summed E-state index contributed by atoms with van der Waals surface area (Å²) in [5, 5.41) is 5.67. The molecule has 1 saturated heterocycles. The normalized spacial score (nSPS) is 22.1. The van der Waals surface area contributed by atoms with E-state index in [0.29, 0.717) is 6.54 Å². The van der Waals surface area contributed by atoms with Crippen molar-refractivity contribution < 1.29 is 14.3 Å². The minimum atomic E-state index is -0.195. The van der Waals surface area contributed by atoms with Crippen LogP contribution in [-0.4, -0.2) is 56.4 Å². The van der Waals surface area contributed by atoms with Crippen molar-refractivity contribution in [3.8, 4) is 5.75 Å². The molecule has 0 radical (unpaired) electrons. The van der Waals surface area contributed by atoms with Crippen LogP contribution in [0.3, 0.4) is 0 Å². The summed E-state index contributed by atoms with van der Waals surface area (Å²) < 4.78 is 10.8. The number of amides is 2. The van der Waals surface area contributed by atoms with E-state index in [0.717, 1.165) is 31.1 Å². The molecule has 2 atom stereocenters. The molecule has 1 aromatic carbocycles. The molecule has 2 amide bonds. The van der Waals surface area contributed by atoms with Gasteiger partial charge < -0.3 is 20.1 Å². The Balaban J connectivity index is 1.69. The molecule has 1 aromatic rings. The zero-order chi connectivity index (χ0) is 15.9. The zero-order valence-electron chi connectivity index (χ0n) is 13.5. The van der Waals surface area contributed by atoms with Crippen LogP contribution in [0.5, 0.6) is 5.75 Å². The van der Waals surface area contributed by atoms with Crippen LogP contribution in [0.15, 0.2) is 24.3 Å². The van der Waals surface area contributed by atoms with Crippen molar-refractivity contribution in [2.24, 2.45) is 0 Å². The van der Waals surface area contributed by atoms with E-state index in [1.165, 1.54) is 0 Å². The van der Waals surface area contributed by atoms with E-state index in [4.69, 9.17) is 9.47 Å². The van der Waals surface area contributed by atoms with Gasteiger partial charge in [-0.3, -0.25) is 4.90 Å². The molecule has 0 aromatic heterocycles. The Morgan fingerprint density at radius 2 is 1.91 bits per heavy atom. The number of carbonyl (C=O) groups is 1. The van der Waals surface area contributed by atoms with Gasteiger partial charge in [-0.1, -0.05) is 0 Å². The van der Waals surface area contributed by atoms with Crippen LogP contribution in [0.4, 0.5) is 10.5 Å². The molecule has 6 nitrogen and oxygen atoms in total. The quantitative estimate of drug-likeness (QED) is 0.872. The third-order valence-electron chi connectivity index (χ3n) is 3.56. The van der Waals surface area contributed by atoms with Gasteiger partial charge in [0.2, 0.25) is 0 Å². The van der Waals surface area contributed by atoms with Crippen molar-refractivity contribution in [1.29, 1.82) is 0 Å². The summed E-state index contributed by atoms with van der Waals surface area (Å²) in [6.45, 7) is 7.41. The molecule has 0 saturated carbocycles. The van der Waals surface area contributed by atoms with Crippen LogP contribution < -0.4 is 15.4 Å². The van der Waals surface area contributed by atoms with Crippen molar-refractivity contribution in [3.05, 3.63) is 24.3 Å². The summed E-state index contributed by atoms with van der Waals surface area (Å²) >= 11 is 0. The summed E-state index contributed by atoms with van der Waals surface area (Å²) in [4.78, 5) is 14.2. The van der Waals surface area contributed by atoms with E-state index in [-0.39, 0.29) is 18.2 Å². The highest BCUT2D eigenvalue weighted by Gasteiger charge is 2.21. The largest absolute Gasteiger partial charge is 0.497 e. The second-order valence-electron chi connectivity index (χ2n) is 5.63. The van der Waals surface area contributed by atoms with Gasteiger partial charge in [0.15, 0.2) is 0 Å². The smallest absolute Gasteiger partial charge is 0.319 e. The minimum absolute atomic E-state index is 0.195. The fourth-order valence-electron chi connectivity index (χ4n) is 2.64. The summed E-state index contributed by atoms with van der Waals surface area (Å²) in [5.41, 5.74) is 0.743. The lowest BCUT2D eigenvalue weighted by Crippen LogP contribution is -2.48. The Kier molecular flexibility index (Phi) is 6.03. The number of carbonyl (C=O) groups excluding carboxylic acids is 1. The van der Waals surface area contributed by atoms with Crippen LogP contribution >= 0.6 is 0 Å². The molecule has 2 unspecified atom stereocenters. The number of morpholine rings is 1. The lowest BCUT2D eigenvalue weighted by Gasteiger charge is -2.35. The molecule has 6 heteroatoms. The number of nitrogens with one attached hydrogen (secondary N) is 2. The second-order valence-corrected chi connectivity index (χ2v) is 5.63. The molecule has 1 aliphatic rings. The summed E-state index contributed by atoms with van der Waals surface area (Å²) in [5.74, 6) is 0.765. The third-order valence-corrected chi connectivity index (χ3v) is 3.56. The van der Waals surface area contributed by atoms with E-state index in [9.17, 15) is 4.79 Å². The van der Waals surface area contributed by atoms with Gasteiger partial charge >= 0.3 is 6.03 Å². The number of urea groups is 1. The first kappa shape index (κ1) is 16.6. The second kappa shape index (κ2) is 8.00. The third kappa shape index (κ3) is 5.20. The van der Waals surface area contributed by atoms with E-state index in [1.807, 2.05) is 24.3 Å². The van der Waals surface area contributed by atoms with Crippen LogP contribution in [0.1, 0.15) is 13.8 Å². The summed E-state index contributed by atoms with van der Waals surface area (Å²) in [6, 6.07) is 7.05. The molecule has 1 heterocycles. The number of rotatable bonds is 5. The highest BCUT2D eigenvalue weighted by Crippen LogP contribution is 2.14. The molecular formula is C16H25N3O3. The molecule has 1 fully saturated rings. The molecule has 0 bridgehead atoms. The van der Waals surface area contributed by atoms with Crippen molar-refractivity contribution in [2.45, 2.75) is 26.1 Å². The van der Waals surface area contributed by atoms with Crippen LogP contribution in [0, 0.1) is 0 Å². The maximum absolute atomic E-state index is 11.8. The van der Waals surface area contributed by atoms with Crippen molar-refractivity contribution in [1.82, 2.24) is 10.2 Å². The van der Waals surface area contributed by atoms with Crippen molar-refractivity contribution in [3.63, 3.8) is 0 Å². The first-order valence-corrected chi connectivity index (χ1v) is 7.63. The maximum atomic E-state index is 11.8. The molecule has 1 aliphatic heterocycles. The fourth-order valence-corrected chi connectivity index (χ4v) is 2.64. The molecule has 2 N–H and O–H groups in total. The van der Waals surface area contributed by atoms with Gasteiger partial charge in [-0.2, -0.15) is 0 Å². The van der Waals surface area contributed by atoms with Gasteiger partial charge in [-0.05, 0) is 38.1 Å². The molecular weight excluding hydrogens is 282 g/mol. The monoisotopic (exact) mass is 307 g/mol. The first-order valence-electron chi connectivity index (χ1n) is 7.63. The zero-order valence-corrected chi connectivity index (χ0v) is 13.5.